The molecular weight excluding hydrogens is 224 g/mol. The molecule has 0 atom stereocenters. The van der Waals surface area contributed by atoms with Crippen LogP contribution in [0.25, 0.3) is 0 Å². The van der Waals surface area contributed by atoms with E-state index in [1.165, 1.54) is 23.1 Å². The number of carbonyl (C=O) groups excluding carboxylic acids is 2. The Morgan fingerprint density at radius 3 is 2.59 bits per heavy atom. The highest BCUT2D eigenvalue weighted by molar-refractivity contribution is 6.52. The summed E-state index contributed by atoms with van der Waals surface area (Å²) in [6.07, 6.45) is 1.77. The second-order valence-electron chi connectivity index (χ2n) is 4.19. The fourth-order valence-electron chi connectivity index (χ4n) is 2.06. The molecule has 1 aliphatic carbocycles. The van der Waals surface area contributed by atoms with Crippen LogP contribution < -0.4 is 4.90 Å². The molecule has 0 bridgehead atoms. The summed E-state index contributed by atoms with van der Waals surface area (Å²) in [4.78, 5) is 34.9. The van der Waals surface area contributed by atoms with E-state index in [1.54, 1.807) is 0 Å². The number of nitro groups is 1. The Balaban J connectivity index is 2.13. The molecule has 0 saturated heterocycles. The molecule has 1 heterocycles. The standard InChI is InChI=1S/C11H8N2O4/c14-10-8-5-7(13(16)17)3-4-9(8)12(11(10)15)6-1-2-6/h3-6H,1-2H2. The predicted molar refractivity (Wildman–Crippen MR) is 57.9 cm³/mol. The van der Waals surface area contributed by atoms with Gasteiger partial charge < -0.3 is 4.90 Å². The second-order valence-corrected chi connectivity index (χ2v) is 4.19. The summed E-state index contributed by atoms with van der Waals surface area (Å²) in [5, 5.41) is 10.6. The maximum atomic E-state index is 11.7. The molecule has 6 heteroatoms. The first-order valence-corrected chi connectivity index (χ1v) is 5.26. The lowest BCUT2D eigenvalue weighted by Gasteiger charge is -2.14. The highest BCUT2D eigenvalue weighted by atomic mass is 16.6. The molecule has 86 valence electrons. The molecule has 1 fully saturated rings. The number of rotatable bonds is 2. The van der Waals surface area contributed by atoms with Crippen LogP contribution in [0, 0.1) is 10.1 Å². The summed E-state index contributed by atoms with van der Waals surface area (Å²) in [7, 11) is 0. The Bertz CT molecular complexity index is 563. The number of fused-ring (bicyclic) bond motifs is 1. The van der Waals surface area contributed by atoms with Crippen LogP contribution in [0.5, 0.6) is 0 Å². The Morgan fingerprint density at radius 1 is 1.29 bits per heavy atom. The van der Waals surface area contributed by atoms with Crippen molar-refractivity contribution in [2.45, 2.75) is 18.9 Å². The Kier molecular flexibility index (Phi) is 1.83. The van der Waals surface area contributed by atoms with Crippen LogP contribution in [-0.2, 0) is 4.79 Å². The molecule has 0 spiro atoms. The largest absolute Gasteiger partial charge is 0.302 e. The summed E-state index contributed by atoms with van der Waals surface area (Å²) in [5.74, 6) is -1.21. The molecule has 1 amide bonds. The van der Waals surface area contributed by atoms with Gasteiger partial charge in [0.15, 0.2) is 0 Å². The number of hydrogen-bond donors (Lipinski definition) is 0. The van der Waals surface area contributed by atoms with Gasteiger partial charge in [0.2, 0.25) is 0 Å². The zero-order valence-corrected chi connectivity index (χ0v) is 8.75. The van der Waals surface area contributed by atoms with E-state index in [0.717, 1.165) is 12.8 Å². The van der Waals surface area contributed by atoms with Crippen LogP contribution >= 0.6 is 0 Å². The normalized spacial score (nSPS) is 18.5. The number of ketones is 1. The number of nitro benzene ring substituents is 1. The quantitative estimate of drug-likeness (QED) is 0.437. The minimum absolute atomic E-state index is 0.0918. The van der Waals surface area contributed by atoms with E-state index in [2.05, 4.69) is 0 Å². The average Bonchev–Trinajstić information content (AvgIpc) is 3.09. The molecule has 0 aromatic heterocycles. The van der Waals surface area contributed by atoms with Crippen molar-refractivity contribution in [2.75, 3.05) is 4.90 Å². The number of nitrogens with zero attached hydrogens (tertiary/aromatic N) is 2. The summed E-state index contributed by atoms with van der Waals surface area (Å²) < 4.78 is 0. The van der Waals surface area contributed by atoms with Crippen molar-refractivity contribution in [3.05, 3.63) is 33.9 Å². The van der Waals surface area contributed by atoms with Gasteiger partial charge in [-0.25, -0.2) is 0 Å². The third-order valence-corrected chi connectivity index (χ3v) is 3.02. The molecular formula is C11H8N2O4. The molecule has 0 radical (unpaired) electrons. The van der Waals surface area contributed by atoms with E-state index >= 15 is 0 Å². The Morgan fingerprint density at radius 2 is 2.00 bits per heavy atom. The van der Waals surface area contributed by atoms with E-state index < -0.39 is 16.6 Å². The van der Waals surface area contributed by atoms with E-state index in [9.17, 15) is 19.7 Å². The monoisotopic (exact) mass is 232 g/mol. The van der Waals surface area contributed by atoms with Crippen LogP contribution in [0.3, 0.4) is 0 Å². The number of benzene rings is 1. The van der Waals surface area contributed by atoms with Crippen LogP contribution in [0.1, 0.15) is 23.2 Å². The highest BCUT2D eigenvalue weighted by Gasteiger charge is 2.44. The first-order valence-electron chi connectivity index (χ1n) is 5.26. The topological polar surface area (TPSA) is 80.5 Å². The zero-order chi connectivity index (χ0) is 12.2. The SMILES string of the molecule is O=C1C(=O)N(C2CC2)c2ccc([N+](=O)[O-])cc21. The summed E-state index contributed by atoms with van der Waals surface area (Å²) in [6, 6.07) is 4.07. The van der Waals surface area contributed by atoms with Gasteiger partial charge in [-0.15, -0.1) is 0 Å². The number of amides is 1. The van der Waals surface area contributed by atoms with Crippen molar-refractivity contribution < 1.29 is 14.5 Å². The van der Waals surface area contributed by atoms with Gasteiger partial charge in [0.25, 0.3) is 17.4 Å². The first-order chi connectivity index (χ1) is 8.09. The Labute approximate surface area is 96.0 Å². The third kappa shape index (κ3) is 1.33. The number of anilines is 1. The number of hydrogen-bond acceptors (Lipinski definition) is 4. The number of non-ortho nitro benzene ring substituents is 1. The Hall–Kier alpha value is -2.24. The molecule has 1 saturated carbocycles. The van der Waals surface area contributed by atoms with Crippen molar-refractivity contribution in [2.24, 2.45) is 0 Å². The van der Waals surface area contributed by atoms with Gasteiger partial charge >= 0.3 is 0 Å². The van der Waals surface area contributed by atoms with Crippen molar-refractivity contribution in [3.63, 3.8) is 0 Å². The van der Waals surface area contributed by atoms with Gasteiger partial charge in [-0.3, -0.25) is 19.7 Å². The lowest BCUT2D eigenvalue weighted by Crippen LogP contribution is -2.31. The molecule has 2 aliphatic rings. The van der Waals surface area contributed by atoms with Crippen molar-refractivity contribution in [1.29, 1.82) is 0 Å². The van der Waals surface area contributed by atoms with Crippen LogP contribution in [0.4, 0.5) is 11.4 Å². The number of Topliss-reactive ketones (excluding diaryl/α,β-unsaturated/α-hetero) is 1. The number of carbonyl (C=O) groups is 2. The van der Waals surface area contributed by atoms with Crippen molar-refractivity contribution >= 4 is 23.1 Å². The molecule has 3 rings (SSSR count). The smallest absolute Gasteiger partial charge is 0.299 e. The maximum absolute atomic E-state index is 11.7. The molecule has 0 unspecified atom stereocenters. The van der Waals surface area contributed by atoms with E-state index in [0.29, 0.717) is 5.69 Å². The van der Waals surface area contributed by atoms with Crippen LogP contribution in [0.2, 0.25) is 0 Å². The van der Waals surface area contributed by atoms with Gasteiger partial charge in [0, 0.05) is 18.2 Å². The summed E-state index contributed by atoms with van der Waals surface area (Å²) >= 11 is 0. The minimum atomic E-state index is -0.643. The lowest BCUT2D eigenvalue weighted by molar-refractivity contribution is -0.384. The molecule has 17 heavy (non-hydrogen) atoms. The maximum Gasteiger partial charge on any atom is 0.299 e. The second kappa shape index (κ2) is 3.13. The lowest BCUT2D eigenvalue weighted by atomic mass is 10.1. The van der Waals surface area contributed by atoms with Gasteiger partial charge in [0.1, 0.15) is 0 Å². The molecule has 1 aromatic carbocycles. The van der Waals surface area contributed by atoms with Crippen LogP contribution in [-0.4, -0.2) is 22.7 Å². The fraction of sp³-hybridized carbons (Fsp3) is 0.273. The molecule has 1 aromatic rings. The van der Waals surface area contributed by atoms with E-state index in [1.807, 2.05) is 0 Å². The van der Waals surface area contributed by atoms with Crippen LogP contribution in [0.15, 0.2) is 18.2 Å². The first kappa shape index (κ1) is 9.95. The zero-order valence-electron chi connectivity index (χ0n) is 8.75. The summed E-state index contributed by atoms with van der Waals surface area (Å²) in [5.41, 5.74) is 0.492. The molecule has 6 nitrogen and oxygen atoms in total. The van der Waals surface area contributed by atoms with Gasteiger partial charge in [-0.2, -0.15) is 0 Å². The van der Waals surface area contributed by atoms with Gasteiger partial charge in [-0.05, 0) is 18.9 Å². The average molecular weight is 232 g/mol. The fourth-order valence-corrected chi connectivity index (χ4v) is 2.06. The van der Waals surface area contributed by atoms with E-state index in [4.69, 9.17) is 0 Å². The minimum Gasteiger partial charge on any atom is -0.302 e. The van der Waals surface area contributed by atoms with Gasteiger partial charge in [0.05, 0.1) is 16.2 Å². The summed E-state index contributed by atoms with van der Waals surface area (Å²) in [6.45, 7) is 0. The van der Waals surface area contributed by atoms with Gasteiger partial charge in [-0.1, -0.05) is 0 Å². The predicted octanol–water partition coefficient (Wildman–Crippen LogP) is 1.29. The molecule has 0 N–H and O–H groups in total. The van der Waals surface area contributed by atoms with E-state index in [-0.39, 0.29) is 17.3 Å². The van der Waals surface area contributed by atoms with Crippen molar-refractivity contribution in [3.8, 4) is 0 Å². The third-order valence-electron chi connectivity index (χ3n) is 3.02. The molecule has 1 aliphatic heterocycles. The van der Waals surface area contributed by atoms with Crippen molar-refractivity contribution in [1.82, 2.24) is 0 Å². The highest BCUT2D eigenvalue weighted by Crippen LogP contribution is 2.39.